The quantitative estimate of drug-likeness (QED) is 0.767. The zero-order valence-corrected chi connectivity index (χ0v) is 13.2. The normalized spacial score (nSPS) is 14.1. The summed E-state index contributed by atoms with van der Waals surface area (Å²) in [5, 5.41) is 12.6. The average molecular weight is 276 g/mol. The molecule has 1 atom stereocenters. The van der Waals surface area contributed by atoms with Crippen molar-refractivity contribution >= 4 is 11.8 Å². The highest BCUT2D eigenvalue weighted by molar-refractivity contribution is 7.98. The molecule has 0 amide bonds. The summed E-state index contributed by atoms with van der Waals surface area (Å²) in [5.74, 6) is 2.02. The van der Waals surface area contributed by atoms with E-state index in [-0.39, 0.29) is 0 Å². The van der Waals surface area contributed by atoms with E-state index in [0.29, 0.717) is 6.04 Å². The van der Waals surface area contributed by atoms with Gasteiger partial charge >= 0.3 is 0 Å². The van der Waals surface area contributed by atoms with E-state index in [4.69, 9.17) is 0 Å². The fraction of sp³-hybridized carbons (Fsp3) is 0.562. The van der Waals surface area contributed by atoms with Crippen LogP contribution in [0.2, 0.25) is 0 Å². The summed E-state index contributed by atoms with van der Waals surface area (Å²) in [6.45, 7) is 8.29. The Morgan fingerprint density at radius 1 is 1.37 bits per heavy atom. The minimum absolute atomic E-state index is 0.339. The number of benzene rings is 1. The first kappa shape index (κ1) is 16.1. The van der Waals surface area contributed by atoms with Gasteiger partial charge in [-0.2, -0.15) is 17.0 Å². The SMILES string of the molecule is Cc1ccccc1CSCCC(C)(C#N)NC(C)C. The van der Waals surface area contributed by atoms with Gasteiger partial charge in [0.05, 0.1) is 6.07 Å². The van der Waals surface area contributed by atoms with Gasteiger partial charge in [-0.25, -0.2) is 0 Å². The molecule has 0 fully saturated rings. The van der Waals surface area contributed by atoms with Gasteiger partial charge in [-0.15, -0.1) is 0 Å². The van der Waals surface area contributed by atoms with Crippen LogP contribution in [0.5, 0.6) is 0 Å². The molecule has 3 heteroatoms. The first-order valence-corrected chi connectivity index (χ1v) is 7.93. The van der Waals surface area contributed by atoms with Crippen LogP contribution in [0, 0.1) is 18.3 Å². The fourth-order valence-electron chi connectivity index (χ4n) is 2.03. The molecule has 0 aliphatic rings. The van der Waals surface area contributed by atoms with Gasteiger partial charge in [-0.05, 0) is 51.0 Å². The van der Waals surface area contributed by atoms with Crippen molar-refractivity contribution in [1.29, 1.82) is 5.26 Å². The summed E-state index contributed by atoms with van der Waals surface area (Å²) < 4.78 is 0. The van der Waals surface area contributed by atoms with Crippen LogP contribution in [0.25, 0.3) is 0 Å². The van der Waals surface area contributed by atoms with Gasteiger partial charge in [0.1, 0.15) is 5.54 Å². The lowest BCUT2D eigenvalue weighted by atomic mass is 10.0. The second-order valence-corrected chi connectivity index (χ2v) is 6.58. The smallest absolute Gasteiger partial charge is 0.104 e. The Bertz CT molecular complexity index is 437. The first-order chi connectivity index (χ1) is 8.97. The lowest BCUT2D eigenvalue weighted by molar-refractivity contribution is 0.397. The molecule has 0 aliphatic carbocycles. The predicted octanol–water partition coefficient (Wildman–Crippen LogP) is 3.90. The molecule has 0 aliphatic heterocycles. The summed E-state index contributed by atoms with van der Waals surface area (Å²) in [6.07, 6.45) is 0.873. The Hall–Kier alpha value is -0.980. The van der Waals surface area contributed by atoms with Crippen LogP contribution in [0.4, 0.5) is 0 Å². The highest BCUT2D eigenvalue weighted by atomic mass is 32.2. The molecule has 1 aromatic rings. The lowest BCUT2D eigenvalue weighted by Crippen LogP contribution is -2.45. The third kappa shape index (κ3) is 5.67. The van der Waals surface area contributed by atoms with Crippen LogP contribution >= 0.6 is 11.8 Å². The van der Waals surface area contributed by atoms with E-state index < -0.39 is 5.54 Å². The Morgan fingerprint density at radius 3 is 2.63 bits per heavy atom. The van der Waals surface area contributed by atoms with Crippen molar-refractivity contribution in [2.24, 2.45) is 0 Å². The molecular formula is C16H24N2S. The zero-order chi connectivity index (χ0) is 14.3. The van der Waals surface area contributed by atoms with Gasteiger partial charge < -0.3 is 0 Å². The number of nitriles is 1. The summed E-state index contributed by atoms with van der Waals surface area (Å²) in [4.78, 5) is 0. The van der Waals surface area contributed by atoms with Gasteiger partial charge in [0, 0.05) is 11.8 Å². The predicted molar refractivity (Wildman–Crippen MR) is 84.2 cm³/mol. The van der Waals surface area contributed by atoms with E-state index in [1.54, 1.807) is 0 Å². The maximum absolute atomic E-state index is 9.27. The Labute approximate surface area is 121 Å². The van der Waals surface area contributed by atoms with Crippen molar-refractivity contribution in [3.8, 4) is 6.07 Å². The van der Waals surface area contributed by atoms with Crippen LogP contribution in [0.1, 0.15) is 38.3 Å². The van der Waals surface area contributed by atoms with Crippen LogP contribution in [0.15, 0.2) is 24.3 Å². The van der Waals surface area contributed by atoms with Gasteiger partial charge in [-0.1, -0.05) is 24.3 Å². The minimum Gasteiger partial charge on any atom is -0.297 e. The Balaban J connectivity index is 2.38. The van der Waals surface area contributed by atoms with Gasteiger partial charge in [0.25, 0.3) is 0 Å². The van der Waals surface area contributed by atoms with Gasteiger partial charge in [-0.3, -0.25) is 5.32 Å². The molecule has 0 spiro atoms. The van der Waals surface area contributed by atoms with Crippen LogP contribution in [-0.2, 0) is 5.75 Å². The van der Waals surface area contributed by atoms with E-state index >= 15 is 0 Å². The molecule has 0 saturated heterocycles. The molecule has 19 heavy (non-hydrogen) atoms. The molecule has 0 heterocycles. The molecular weight excluding hydrogens is 252 g/mol. The second-order valence-electron chi connectivity index (χ2n) is 5.47. The van der Waals surface area contributed by atoms with Gasteiger partial charge in [0.2, 0.25) is 0 Å². The number of hydrogen-bond donors (Lipinski definition) is 1. The van der Waals surface area contributed by atoms with Crippen molar-refractivity contribution in [2.45, 2.75) is 51.4 Å². The van der Waals surface area contributed by atoms with E-state index in [0.717, 1.165) is 17.9 Å². The van der Waals surface area contributed by atoms with Crippen LogP contribution in [0.3, 0.4) is 0 Å². The van der Waals surface area contributed by atoms with Gasteiger partial charge in [0.15, 0.2) is 0 Å². The van der Waals surface area contributed by atoms with E-state index in [1.165, 1.54) is 11.1 Å². The van der Waals surface area contributed by atoms with E-state index in [1.807, 2.05) is 18.7 Å². The maximum Gasteiger partial charge on any atom is 0.104 e. The highest BCUT2D eigenvalue weighted by Gasteiger charge is 2.23. The number of nitrogens with zero attached hydrogens (tertiary/aromatic N) is 1. The number of rotatable bonds is 7. The molecule has 0 bridgehead atoms. The second kappa shape index (κ2) is 7.57. The molecule has 2 nitrogen and oxygen atoms in total. The first-order valence-electron chi connectivity index (χ1n) is 6.78. The molecule has 1 N–H and O–H groups in total. The van der Waals surface area contributed by atoms with Crippen molar-refractivity contribution in [1.82, 2.24) is 5.32 Å². The molecule has 1 rings (SSSR count). The molecule has 104 valence electrons. The van der Waals surface area contributed by atoms with E-state index in [2.05, 4.69) is 56.4 Å². The molecule has 0 saturated carbocycles. The summed E-state index contributed by atoms with van der Waals surface area (Å²) >= 11 is 1.90. The average Bonchev–Trinajstić information content (AvgIpc) is 2.36. The Morgan fingerprint density at radius 2 is 2.05 bits per heavy atom. The van der Waals surface area contributed by atoms with Crippen LogP contribution < -0.4 is 5.32 Å². The highest BCUT2D eigenvalue weighted by Crippen LogP contribution is 2.20. The number of thioether (sulfide) groups is 1. The molecule has 1 aromatic carbocycles. The number of nitrogens with one attached hydrogen (secondary N) is 1. The number of hydrogen-bond acceptors (Lipinski definition) is 3. The summed E-state index contributed by atoms with van der Waals surface area (Å²) in [6, 6.07) is 11.2. The monoisotopic (exact) mass is 276 g/mol. The third-order valence-corrected chi connectivity index (χ3v) is 4.13. The Kier molecular flexibility index (Phi) is 6.41. The molecule has 1 unspecified atom stereocenters. The number of aryl methyl sites for hydroxylation is 1. The zero-order valence-electron chi connectivity index (χ0n) is 12.4. The fourth-order valence-corrected chi connectivity index (χ4v) is 3.27. The lowest BCUT2D eigenvalue weighted by Gasteiger charge is -2.25. The molecule has 0 aromatic heterocycles. The van der Waals surface area contributed by atoms with Crippen LogP contribution in [-0.4, -0.2) is 17.3 Å². The summed E-state index contributed by atoms with van der Waals surface area (Å²) in [7, 11) is 0. The van der Waals surface area contributed by atoms with E-state index in [9.17, 15) is 5.26 Å². The largest absolute Gasteiger partial charge is 0.297 e. The van der Waals surface area contributed by atoms with Crippen molar-refractivity contribution < 1.29 is 0 Å². The standard InChI is InChI=1S/C16H24N2S/c1-13(2)18-16(4,12-17)9-10-19-11-15-8-6-5-7-14(15)3/h5-8,13,18H,9-11H2,1-4H3. The maximum atomic E-state index is 9.27. The summed E-state index contributed by atoms with van der Waals surface area (Å²) in [5.41, 5.74) is 2.33. The van der Waals surface area contributed by atoms with Crippen molar-refractivity contribution in [3.63, 3.8) is 0 Å². The van der Waals surface area contributed by atoms with Crippen molar-refractivity contribution in [2.75, 3.05) is 5.75 Å². The topological polar surface area (TPSA) is 35.8 Å². The van der Waals surface area contributed by atoms with Crippen molar-refractivity contribution in [3.05, 3.63) is 35.4 Å². The third-order valence-electron chi connectivity index (χ3n) is 3.12. The minimum atomic E-state index is -0.410. The molecule has 0 radical (unpaired) electrons.